The van der Waals surface area contributed by atoms with Gasteiger partial charge in [0.25, 0.3) is 0 Å². The van der Waals surface area contributed by atoms with Crippen LogP contribution in [0.1, 0.15) is 28.9 Å². The first kappa shape index (κ1) is 16.4. The van der Waals surface area contributed by atoms with Crippen LogP contribution in [0.4, 0.5) is 0 Å². The summed E-state index contributed by atoms with van der Waals surface area (Å²) in [5, 5.41) is 1.47. The summed E-state index contributed by atoms with van der Waals surface area (Å²) in [7, 11) is 0. The fourth-order valence-corrected chi connectivity index (χ4v) is 6.43. The molecule has 9 rings (SSSR count). The van der Waals surface area contributed by atoms with Gasteiger partial charge in [-0.05, 0) is 96.7 Å². The van der Waals surface area contributed by atoms with Crippen LogP contribution in [0.3, 0.4) is 0 Å². The maximum Gasteiger partial charge on any atom is 0.136 e. The molecule has 46 heavy (non-hydrogen) atoms. The van der Waals surface area contributed by atoms with Crippen molar-refractivity contribution in [3.05, 3.63) is 181 Å². The summed E-state index contributed by atoms with van der Waals surface area (Å²) in [5.41, 5.74) is 5.18. The molecule has 0 fully saturated rings. The van der Waals surface area contributed by atoms with Gasteiger partial charge < -0.3 is 4.42 Å². The van der Waals surface area contributed by atoms with E-state index in [-0.39, 0.29) is 38.2 Å². The van der Waals surface area contributed by atoms with Crippen LogP contribution in [0.5, 0.6) is 0 Å². The van der Waals surface area contributed by atoms with Gasteiger partial charge in [0.2, 0.25) is 0 Å². The average Bonchev–Trinajstić information content (AvgIpc) is 3.64. The molecule has 1 nitrogen and oxygen atoms in total. The minimum atomic E-state index is -0.617. The van der Waals surface area contributed by atoms with Crippen molar-refractivity contribution in [2.45, 2.75) is 6.42 Å². The summed E-state index contributed by atoms with van der Waals surface area (Å²) < 4.78 is 120. The third-order valence-corrected chi connectivity index (χ3v) is 8.45. The smallest absolute Gasteiger partial charge is 0.136 e. The van der Waals surface area contributed by atoms with E-state index >= 15 is 0 Å². The Morgan fingerprint density at radius 2 is 1.11 bits per heavy atom. The van der Waals surface area contributed by atoms with Gasteiger partial charge in [0.1, 0.15) is 11.2 Å². The molecule has 0 amide bonds. The highest BCUT2D eigenvalue weighted by molar-refractivity contribution is 6.16. The van der Waals surface area contributed by atoms with Crippen molar-refractivity contribution in [2.24, 2.45) is 0 Å². The van der Waals surface area contributed by atoms with Gasteiger partial charge in [-0.25, -0.2) is 0 Å². The molecule has 9 aromatic rings. The van der Waals surface area contributed by atoms with Crippen molar-refractivity contribution in [1.29, 1.82) is 0 Å². The fraction of sp³-hybridized carbons (Fsp3) is 0.0222. The molecular weight excluding hydrogens is 556 g/mol. The number of furan rings is 1. The molecule has 0 atom stereocenters. The van der Waals surface area contributed by atoms with E-state index in [1.165, 1.54) is 0 Å². The third kappa shape index (κ3) is 4.40. The normalized spacial score (nSPS) is 15.5. The Labute approximate surface area is 286 Å². The van der Waals surface area contributed by atoms with Crippen LogP contribution < -0.4 is 0 Å². The van der Waals surface area contributed by atoms with Gasteiger partial charge in [-0.15, -0.1) is 0 Å². The summed E-state index contributed by atoms with van der Waals surface area (Å²) in [6, 6.07) is 21.7. The lowest BCUT2D eigenvalue weighted by atomic mass is 9.85. The van der Waals surface area contributed by atoms with Crippen LogP contribution in [0.2, 0.25) is 0 Å². The van der Waals surface area contributed by atoms with Gasteiger partial charge in [0.15, 0.2) is 0 Å². The quantitative estimate of drug-likeness (QED) is 0.179. The minimum absolute atomic E-state index is 0.0173. The molecule has 1 heterocycles. The molecule has 216 valence electrons. The lowest BCUT2D eigenvalue weighted by Crippen LogP contribution is -1.95. The van der Waals surface area contributed by atoms with E-state index in [1.54, 1.807) is 12.1 Å². The first-order chi connectivity index (χ1) is 28.2. The Kier molecular flexibility index (Phi) is 3.89. The zero-order valence-electron chi connectivity index (χ0n) is 37.3. The lowest BCUT2D eigenvalue weighted by molar-refractivity contribution is 0.669. The molecule has 0 N–H and O–H groups in total. The minimum Gasteiger partial charge on any atom is -0.456 e. The maximum absolute atomic E-state index is 9.30. The molecule has 8 aromatic carbocycles. The van der Waals surface area contributed by atoms with Crippen molar-refractivity contribution >= 4 is 43.5 Å². The van der Waals surface area contributed by atoms with Crippen molar-refractivity contribution in [3.63, 3.8) is 0 Å². The van der Waals surface area contributed by atoms with E-state index in [0.29, 0.717) is 22.3 Å². The SMILES string of the molecule is [2H]c1c([2H])c([2H])c(Cc2c3c([2H])c([2H])c([2H])c([2H])c3c(-c3cccc(-c4cccc5oc6ccc(-c7ccccc7)cc6c45)c3)c3c([2H])c([2H])c([2H])c([2H])c23)c([2H])c1[2H]. The third-order valence-electron chi connectivity index (χ3n) is 8.45. The number of fused-ring (bicyclic) bond motifs is 5. The lowest BCUT2D eigenvalue weighted by Gasteiger charge is -2.18. The molecule has 0 aliphatic carbocycles. The Morgan fingerprint density at radius 1 is 0.457 bits per heavy atom. The number of hydrogen-bond acceptors (Lipinski definition) is 1. The van der Waals surface area contributed by atoms with Gasteiger partial charge in [-0.2, -0.15) is 0 Å². The molecule has 0 saturated heterocycles. The van der Waals surface area contributed by atoms with Gasteiger partial charge in [-0.3, -0.25) is 0 Å². The monoisotopic (exact) mass is 599 g/mol. The van der Waals surface area contributed by atoms with Crippen LogP contribution in [0, 0.1) is 0 Å². The second kappa shape index (κ2) is 10.9. The van der Waals surface area contributed by atoms with Crippen LogP contribution in [0.15, 0.2) is 174 Å². The van der Waals surface area contributed by atoms with E-state index in [2.05, 4.69) is 6.07 Å². The summed E-state index contributed by atoms with van der Waals surface area (Å²) in [5.74, 6) is 0. The van der Waals surface area contributed by atoms with E-state index in [1.807, 2.05) is 72.8 Å². The molecule has 0 aliphatic heterocycles. The highest BCUT2D eigenvalue weighted by atomic mass is 16.3. The first-order valence-corrected chi connectivity index (χ1v) is 14.8. The highest BCUT2D eigenvalue weighted by Gasteiger charge is 2.18. The fourth-order valence-electron chi connectivity index (χ4n) is 6.43. The molecule has 0 bridgehead atoms. The van der Waals surface area contributed by atoms with Crippen LogP contribution >= 0.6 is 0 Å². The molecule has 0 radical (unpaired) electrons. The molecule has 1 heteroatoms. The Balaban J connectivity index is 1.39. The molecule has 0 aliphatic rings. The van der Waals surface area contributed by atoms with Crippen LogP contribution in [0.25, 0.3) is 76.9 Å². The number of benzene rings is 8. The number of rotatable bonds is 5. The maximum atomic E-state index is 9.30. The van der Waals surface area contributed by atoms with Crippen molar-refractivity contribution in [3.8, 4) is 33.4 Å². The first-order valence-electron chi connectivity index (χ1n) is 21.3. The predicted octanol–water partition coefficient (Wildman–Crippen LogP) is 12.5. The van der Waals surface area contributed by atoms with Crippen LogP contribution in [-0.2, 0) is 6.42 Å². The number of hydrogen-bond donors (Lipinski definition) is 0. The Hall–Kier alpha value is -5.92. The van der Waals surface area contributed by atoms with Crippen LogP contribution in [-0.4, -0.2) is 0 Å². The van der Waals surface area contributed by atoms with Gasteiger partial charge in [0.05, 0.1) is 17.8 Å². The van der Waals surface area contributed by atoms with E-state index in [9.17, 15) is 5.48 Å². The van der Waals surface area contributed by atoms with E-state index < -0.39 is 85.0 Å². The molecule has 0 saturated carbocycles. The summed E-state index contributed by atoms with van der Waals surface area (Å²) >= 11 is 0. The Bertz CT molecular complexity index is 3170. The Morgan fingerprint density at radius 3 is 1.87 bits per heavy atom. The topological polar surface area (TPSA) is 13.1 Å². The van der Waals surface area contributed by atoms with Gasteiger partial charge in [0, 0.05) is 10.8 Å². The van der Waals surface area contributed by atoms with Crippen molar-refractivity contribution in [2.75, 3.05) is 0 Å². The second-order valence-corrected chi connectivity index (χ2v) is 11.1. The van der Waals surface area contributed by atoms with E-state index in [4.69, 9.17) is 16.8 Å². The molecule has 0 spiro atoms. The predicted molar refractivity (Wildman–Crippen MR) is 194 cm³/mol. The largest absolute Gasteiger partial charge is 0.456 e. The average molecular weight is 600 g/mol. The summed E-state index contributed by atoms with van der Waals surface area (Å²) in [6.45, 7) is 0. The zero-order chi connectivity index (χ0) is 41.8. The zero-order valence-corrected chi connectivity index (χ0v) is 24.3. The summed E-state index contributed by atoms with van der Waals surface area (Å²) in [4.78, 5) is 0. The highest BCUT2D eigenvalue weighted by Crippen LogP contribution is 2.43. The molecule has 0 unspecified atom stereocenters. The molecule has 1 aromatic heterocycles. The van der Waals surface area contributed by atoms with Gasteiger partial charge >= 0.3 is 0 Å². The van der Waals surface area contributed by atoms with E-state index in [0.717, 1.165) is 27.5 Å². The summed E-state index contributed by atoms with van der Waals surface area (Å²) in [6.07, 6.45) is -0.492. The molecular formula is C45H30O. The van der Waals surface area contributed by atoms with Crippen molar-refractivity contribution in [1.82, 2.24) is 0 Å². The second-order valence-electron chi connectivity index (χ2n) is 11.1. The van der Waals surface area contributed by atoms with Crippen molar-refractivity contribution < 1.29 is 22.2 Å². The van der Waals surface area contributed by atoms with Gasteiger partial charge in [-0.1, -0.05) is 145 Å². The standard InChI is InChI=1S/C45H30O/c1-3-13-30(14-4-1)27-40-36-19-7-9-21-38(36)44(39-22-10-8-20-37(39)40)34-18-11-17-33(28-34)35-23-12-24-43-45(35)41-29-32(25-26-42(41)46-43)31-15-5-2-6-16-31/h1-26,28-29H,27H2/i1D,3D,4D,7D,8D,9D,10D,13D,14D,19D,20D,21D,22D.